The van der Waals surface area contributed by atoms with Gasteiger partial charge in [0.05, 0.1) is 14.2 Å². The summed E-state index contributed by atoms with van der Waals surface area (Å²) in [5, 5.41) is 9.47. The van der Waals surface area contributed by atoms with E-state index in [1.165, 1.54) is 0 Å². The minimum absolute atomic E-state index is 0.276. The van der Waals surface area contributed by atoms with Gasteiger partial charge in [0, 0.05) is 5.56 Å². The van der Waals surface area contributed by atoms with E-state index in [9.17, 15) is 5.26 Å². The van der Waals surface area contributed by atoms with E-state index in [1.807, 2.05) is 24.3 Å². The first-order chi connectivity index (χ1) is 11.2. The first kappa shape index (κ1) is 14.7. The number of aromatic nitrogens is 1. The summed E-state index contributed by atoms with van der Waals surface area (Å²) < 4.78 is 16.2. The molecule has 0 aliphatic carbocycles. The number of fused-ring (bicyclic) bond motifs is 1. The van der Waals surface area contributed by atoms with Gasteiger partial charge in [-0.1, -0.05) is 12.1 Å². The molecule has 5 nitrogen and oxygen atoms in total. The fourth-order valence-electron chi connectivity index (χ4n) is 2.24. The van der Waals surface area contributed by atoms with Crippen LogP contribution in [0.2, 0.25) is 0 Å². The Labute approximate surface area is 133 Å². The van der Waals surface area contributed by atoms with Crippen LogP contribution in [0.15, 0.2) is 46.9 Å². The number of nitrogens with zero attached hydrogens (tertiary/aromatic N) is 2. The van der Waals surface area contributed by atoms with Crippen LogP contribution in [0.5, 0.6) is 11.5 Å². The van der Waals surface area contributed by atoms with E-state index in [0.29, 0.717) is 33.7 Å². The maximum absolute atomic E-state index is 9.47. The van der Waals surface area contributed by atoms with Crippen molar-refractivity contribution in [3.8, 4) is 17.6 Å². The Kier molecular flexibility index (Phi) is 3.98. The number of allylic oxidation sites excluding steroid dienone is 1. The van der Waals surface area contributed by atoms with Crippen molar-refractivity contribution in [1.82, 2.24) is 4.98 Å². The molecule has 0 aliphatic heterocycles. The lowest BCUT2D eigenvalue weighted by Crippen LogP contribution is -1.90. The molecule has 23 heavy (non-hydrogen) atoms. The molecule has 0 unspecified atom stereocenters. The molecule has 0 amide bonds. The Morgan fingerprint density at radius 3 is 2.70 bits per heavy atom. The molecule has 1 heterocycles. The van der Waals surface area contributed by atoms with E-state index in [-0.39, 0.29) is 5.89 Å². The van der Waals surface area contributed by atoms with Crippen LogP contribution in [0.4, 0.5) is 0 Å². The molecular weight excluding hydrogens is 292 g/mol. The van der Waals surface area contributed by atoms with Gasteiger partial charge < -0.3 is 13.9 Å². The Hall–Kier alpha value is -3.26. The third-order valence-electron chi connectivity index (χ3n) is 3.38. The third kappa shape index (κ3) is 2.87. The number of oxazole rings is 1. The van der Waals surface area contributed by atoms with Gasteiger partial charge in [0.1, 0.15) is 28.7 Å². The number of rotatable bonds is 4. The minimum Gasteiger partial charge on any atom is -0.497 e. The number of benzene rings is 2. The van der Waals surface area contributed by atoms with Crippen LogP contribution in [0.1, 0.15) is 11.5 Å². The maximum Gasteiger partial charge on any atom is 0.238 e. The summed E-state index contributed by atoms with van der Waals surface area (Å²) in [4.78, 5) is 4.35. The summed E-state index contributed by atoms with van der Waals surface area (Å²) in [7, 11) is 3.16. The quantitative estimate of drug-likeness (QED) is 0.684. The summed E-state index contributed by atoms with van der Waals surface area (Å²) in [6.45, 7) is 0. The van der Waals surface area contributed by atoms with Crippen molar-refractivity contribution < 1.29 is 13.9 Å². The second-order valence-electron chi connectivity index (χ2n) is 4.76. The minimum atomic E-state index is 0.276. The lowest BCUT2D eigenvalue weighted by atomic mass is 10.1. The maximum atomic E-state index is 9.47. The highest BCUT2D eigenvalue weighted by Crippen LogP contribution is 2.29. The van der Waals surface area contributed by atoms with Gasteiger partial charge in [0.25, 0.3) is 0 Å². The highest BCUT2D eigenvalue weighted by Gasteiger charge is 2.12. The van der Waals surface area contributed by atoms with Gasteiger partial charge in [-0.15, -0.1) is 0 Å². The molecular formula is C18H14N2O3. The largest absolute Gasteiger partial charge is 0.497 e. The van der Waals surface area contributed by atoms with E-state index in [2.05, 4.69) is 11.1 Å². The van der Waals surface area contributed by atoms with Gasteiger partial charge in [-0.2, -0.15) is 5.26 Å². The average molecular weight is 306 g/mol. The summed E-state index contributed by atoms with van der Waals surface area (Å²) >= 11 is 0. The summed E-state index contributed by atoms with van der Waals surface area (Å²) in [5.41, 5.74) is 2.38. The van der Waals surface area contributed by atoms with Crippen LogP contribution in [0.25, 0.3) is 22.7 Å². The molecule has 0 bridgehead atoms. The molecule has 0 saturated carbocycles. The van der Waals surface area contributed by atoms with E-state index < -0.39 is 0 Å². The van der Waals surface area contributed by atoms with Crippen molar-refractivity contribution in [3.05, 3.63) is 53.9 Å². The Morgan fingerprint density at radius 1 is 1.17 bits per heavy atom. The van der Waals surface area contributed by atoms with Gasteiger partial charge in [-0.25, -0.2) is 4.98 Å². The molecule has 0 saturated heterocycles. The topological polar surface area (TPSA) is 68.3 Å². The molecule has 2 aromatic carbocycles. The fraction of sp³-hybridized carbons (Fsp3) is 0.111. The first-order valence-electron chi connectivity index (χ1n) is 6.95. The Balaban J connectivity index is 2.10. The normalized spacial score (nSPS) is 11.3. The van der Waals surface area contributed by atoms with Gasteiger partial charge in [-0.05, 0) is 36.4 Å². The molecule has 0 atom stereocenters. The summed E-state index contributed by atoms with van der Waals surface area (Å²) in [6, 6.07) is 14.9. The van der Waals surface area contributed by atoms with Gasteiger partial charge in [-0.3, -0.25) is 0 Å². The predicted molar refractivity (Wildman–Crippen MR) is 87.0 cm³/mol. The van der Waals surface area contributed by atoms with Crippen molar-refractivity contribution >= 4 is 22.7 Å². The van der Waals surface area contributed by atoms with Crippen molar-refractivity contribution in [2.24, 2.45) is 0 Å². The number of methoxy groups -OCH3 is 2. The average Bonchev–Trinajstić information content (AvgIpc) is 3.03. The van der Waals surface area contributed by atoms with Crippen LogP contribution in [-0.2, 0) is 0 Å². The molecule has 0 N–H and O–H groups in total. The zero-order valence-corrected chi connectivity index (χ0v) is 12.7. The molecule has 0 aliphatic rings. The van der Waals surface area contributed by atoms with Crippen LogP contribution in [0, 0.1) is 11.3 Å². The monoisotopic (exact) mass is 306 g/mol. The number of hydrogen-bond acceptors (Lipinski definition) is 5. The van der Waals surface area contributed by atoms with Crippen molar-refractivity contribution in [2.75, 3.05) is 14.2 Å². The first-order valence-corrected chi connectivity index (χ1v) is 6.95. The second-order valence-corrected chi connectivity index (χ2v) is 4.76. The van der Waals surface area contributed by atoms with Crippen LogP contribution in [0.3, 0.4) is 0 Å². The van der Waals surface area contributed by atoms with Crippen LogP contribution in [-0.4, -0.2) is 19.2 Å². The molecule has 114 valence electrons. The lowest BCUT2D eigenvalue weighted by molar-refractivity contribution is 0.402. The molecule has 5 heteroatoms. The second kappa shape index (κ2) is 6.24. The van der Waals surface area contributed by atoms with Gasteiger partial charge >= 0.3 is 0 Å². The molecule has 3 rings (SSSR count). The van der Waals surface area contributed by atoms with Gasteiger partial charge in [0.15, 0.2) is 5.58 Å². The highest BCUT2D eigenvalue weighted by molar-refractivity contribution is 5.90. The van der Waals surface area contributed by atoms with Crippen molar-refractivity contribution in [3.63, 3.8) is 0 Å². The van der Waals surface area contributed by atoms with Crippen molar-refractivity contribution in [2.45, 2.75) is 0 Å². The molecule has 0 fully saturated rings. The SMILES string of the molecule is COc1ccc(OC)c(/C=C(\C#N)c2nc3ccccc3o2)c1. The third-order valence-corrected chi connectivity index (χ3v) is 3.38. The summed E-state index contributed by atoms with van der Waals surface area (Å²) in [6.07, 6.45) is 1.67. The van der Waals surface area contributed by atoms with Crippen molar-refractivity contribution in [1.29, 1.82) is 5.26 Å². The van der Waals surface area contributed by atoms with E-state index in [4.69, 9.17) is 13.9 Å². The van der Waals surface area contributed by atoms with E-state index in [1.54, 1.807) is 38.5 Å². The van der Waals surface area contributed by atoms with Gasteiger partial charge in [0.2, 0.25) is 5.89 Å². The number of ether oxygens (including phenoxy) is 2. The standard InChI is InChI=1S/C18H14N2O3/c1-21-14-7-8-16(22-2)12(10-14)9-13(11-19)18-20-15-5-3-4-6-17(15)23-18/h3-10H,1-2H3/b13-9+. The smallest absolute Gasteiger partial charge is 0.238 e. The molecule has 1 aromatic heterocycles. The predicted octanol–water partition coefficient (Wildman–Crippen LogP) is 3.91. The van der Waals surface area contributed by atoms with E-state index >= 15 is 0 Å². The molecule has 0 radical (unpaired) electrons. The number of hydrogen-bond donors (Lipinski definition) is 0. The highest BCUT2D eigenvalue weighted by atomic mass is 16.5. The number of nitriles is 1. The lowest BCUT2D eigenvalue weighted by Gasteiger charge is -2.07. The van der Waals surface area contributed by atoms with Crippen LogP contribution < -0.4 is 9.47 Å². The summed E-state index contributed by atoms with van der Waals surface area (Å²) in [5.74, 6) is 1.58. The van der Waals surface area contributed by atoms with Crippen LogP contribution >= 0.6 is 0 Å². The Morgan fingerprint density at radius 2 is 2.00 bits per heavy atom. The Bertz CT molecular complexity index is 886. The zero-order chi connectivity index (χ0) is 16.2. The molecule has 3 aromatic rings. The number of para-hydroxylation sites is 2. The fourth-order valence-corrected chi connectivity index (χ4v) is 2.24. The zero-order valence-electron chi connectivity index (χ0n) is 12.7. The molecule has 0 spiro atoms. The van der Waals surface area contributed by atoms with E-state index in [0.717, 1.165) is 0 Å².